The molecule has 0 spiro atoms. The number of carbonyl (C=O) groups is 4. The topological polar surface area (TPSA) is 220 Å². The third-order valence-corrected chi connectivity index (χ3v) is 5.06. The lowest BCUT2D eigenvalue weighted by molar-refractivity contribution is -0.141. The van der Waals surface area contributed by atoms with Crippen molar-refractivity contribution in [3.8, 4) is 0 Å². The first kappa shape index (κ1) is 31.4. The van der Waals surface area contributed by atoms with E-state index in [1.165, 1.54) is 0 Å². The number of carbonyl (C=O) groups excluding carboxylic acids is 4. The maximum atomic E-state index is 12.9. The van der Waals surface area contributed by atoms with E-state index >= 15 is 0 Å². The Labute approximate surface area is 201 Å². The zero-order chi connectivity index (χ0) is 26.1. The largest absolute Gasteiger partial charge is 0.481 e. The summed E-state index contributed by atoms with van der Waals surface area (Å²) >= 11 is 0. The first-order valence-corrected chi connectivity index (χ1v) is 11.7. The minimum atomic E-state index is -1.44. The quantitative estimate of drug-likeness (QED) is 0.107. The van der Waals surface area contributed by atoms with Crippen LogP contribution in [0.1, 0.15) is 65.2 Å². The van der Waals surface area contributed by atoms with Crippen molar-refractivity contribution in [1.82, 2.24) is 16.0 Å². The highest BCUT2D eigenvalue weighted by Gasteiger charge is 2.30. The number of amides is 3. The summed E-state index contributed by atoms with van der Waals surface area (Å²) in [4.78, 5) is 60.5. The number of carboxylic acid groups (broad SMARTS) is 1. The molecule has 10 N–H and O–H groups in total. The van der Waals surface area contributed by atoms with E-state index in [9.17, 15) is 29.1 Å². The molecule has 1 radical (unpaired) electrons. The molecule has 4 atom stereocenters. The van der Waals surface area contributed by atoms with Gasteiger partial charge in [0.2, 0.25) is 24.0 Å². The summed E-state index contributed by atoms with van der Waals surface area (Å²) < 4.78 is 0. The molecular weight excluding hydrogens is 444 g/mol. The molecule has 0 aliphatic heterocycles. The van der Waals surface area contributed by atoms with Crippen LogP contribution in [0.15, 0.2) is 0 Å². The van der Waals surface area contributed by atoms with Crippen LogP contribution in [0, 0.1) is 5.92 Å². The Morgan fingerprint density at radius 2 is 1.35 bits per heavy atom. The zero-order valence-corrected chi connectivity index (χ0v) is 20.2. The standard InChI is InChI=1S/C22H41N6O6/c1-14(2)11-17(27-20(32)16(25)8-4-6-10-24)22(34)28-18(12-19(30)31)21(33)26-15(13-29)7-3-5-9-23/h14-18H,3-12,23-25H2,1-2H3,(H,26,33)(H,27,32)(H,28,34)(H,30,31)/t15-,16-,17-,18-/m0/s1. The summed E-state index contributed by atoms with van der Waals surface area (Å²) in [6.07, 6.45) is 4.53. The molecule has 0 fully saturated rings. The van der Waals surface area contributed by atoms with Crippen molar-refractivity contribution in [2.24, 2.45) is 23.1 Å². The number of carboxylic acids is 1. The van der Waals surface area contributed by atoms with Crippen LogP contribution in [0.3, 0.4) is 0 Å². The van der Waals surface area contributed by atoms with E-state index in [0.717, 1.165) is 0 Å². The van der Waals surface area contributed by atoms with Gasteiger partial charge in [-0.1, -0.05) is 20.3 Å². The molecule has 0 aliphatic rings. The summed E-state index contributed by atoms with van der Waals surface area (Å²) in [6.45, 7) is 4.61. The molecule has 195 valence electrons. The second-order valence-electron chi connectivity index (χ2n) is 8.70. The van der Waals surface area contributed by atoms with Crippen molar-refractivity contribution in [2.75, 3.05) is 13.1 Å². The Morgan fingerprint density at radius 3 is 1.85 bits per heavy atom. The predicted molar refractivity (Wildman–Crippen MR) is 127 cm³/mol. The lowest BCUT2D eigenvalue weighted by Gasteiger charge is -2.25. The molecule has 34 heavy (non-hydrogen) atoms. The van der Waals surface area contributed by atoms with Gasteiger partial charge in [-0.3, -0.25) is 24.0 Å². The molecule has 12 heteroatoms. The monoisotopic (exact) mass is 485 g/mol. The van der Waals surface area contributed by atoms with Gasteiger partial charge >= 0.3 is 5.97 Å². The van der Waals surface area contributed by atoms with Crippen LogP contribution in [0.4, 0.5) is 0 Å². The van der Waals surface area contributed by atoms with Crippen LogP contribution in [-0.4, -0.2) is 72.3 Å². The molecule has 0 heterocycles. The van der Waals surface area contributed by atoms with E-state index < -0.39 is 54.3 Å². The minimum Gasteiger partial charge on any atom is -0.481 e. The lowest BCUT2D eigenvalue weighted by Crippen LogP contribution is -2.57. The third kappa shape index (κ3) is 13.9. The summed E-state index contributed by atoms with van der Waals surface area (Å²) in [5, 5.41) is 16.6. The van der Waals surface area contributed by atoms with E-state index in [2.05, 4.69) is 16.0 Å². The SMILES string of the molecule is CC(C)C[C@H](NC(=O)[C@@H](N)CCCCN)C(=O)N[C@@H](CC(=O)O)C(=O)N[C@H]([C]=O)CCCCN. The molecule has 0 unspecified atom stereocenters. The highest BCUT2D eigenvalue weighted by atomic mass is 16.4. The first-order valence-electron chi connectivity index (χ1n) is 11.7. The van der Waals surface area contributed by atoms with Gasteiger partial charge in [0.1, 0.15) is 12.1 Å². The fraction of sp³-hybridized carbons (Fsp3) is 0.773. The number of nitrogens with two attached hydrogens (primary N) is 3. The second-order valence-corrected chi connectivity index (χ2v) is 8.70. The second kappa shape index (κ2) is 17.8. The van der Waals surface area contributed by atoms with Crippen LogP contribution < -0.4 is 33.2 Å². The molecule has 0 bridgehead atoms. The number of hydrogen-bond acceptors (Lipinski definition) is 8. The summed E-state index contributed by atoms with van der Waals surface area (Å²) in [6, 6.07) is -4.25. The van der Waals surface area contributed by atoms with E-state index in [-0.39, 0.29) is 18.8 Å². The van der Waals surface area contributed by atoms with Gasteiger partial charge in [0.05, 0.1) is 18.5 Å². The van der Waals surface area contributed by atoms with Crippen molar-refractivity contribution in [1.29, 1.82) is 0 Å². The lowest BCUT2D eigenvalue weighted by atomic mass is 10.0. The number of nitrogens with one attached hydrogen (secondary N) is 3. The highest BCUT2D eigenvalue weighted by molar-refractivity contribution is 5.95. The average molecular weight is 486 g/mol. The number of hydrogen-bond donors (Lipinski definition) is 7. The van der Waals surface area contributed by atoms with E-state index in [1.807, 2.05) is 13.8 Å². The highest BCUT2D eigenvalue weighted by Crippen LogP contribution is 2.08. The van der Waals surface area contributed by atoms with Crippen molar-refractivity contribution in [2.45, 2.75) is 89.4 Å². The van der Waals surface area contributed by atoms with Crippen LogP contribution >= 0.6 is 0 Å². The molecule has 0 saturated heterocycles. The van der Waals surface area contributed by atoms with Gasteiger partial charge in [-0.2, -0.15) is 0 Å². The first-order chi connectivity index (χ1) is 16.0. The summed E-state index contributed by atoms with van der Waals surface area (Å²) in [5.74, 6) is -3.38. The Morgan fingerprint density at radius 1 is 0.824 bits per heavy atom. The molecule has 12 nitrogen and oxygen atoms in total. The smallest absolute Gasteiger partial charge is 0.305 e. The number of rotatable bonds is 19. The van der Waals surface area contributed by atoms with Gasteiger partial charge in [-0.25, -0.2) is 0 Å². The molecule has 3 amide bonds. The Balaban J connectivity index is 5.30. The van der Waals surface area contributed by atoms with Crippen molar-refractivity contribution in [3.63, 3.8) is 0 Å². The molecule has 0 aliphatic carbocycles. The minimum absolute atomic E-state index is 0.00727. The van der Waals surface area contributed by atoms with Crippen LogP contribution in [-0.2, 0) is 24.0 Å². The number of aliphatic carboxylic acids is 1. The van der Waals surface area contributed by atoms with Gasteiger partial charge in [0.25, 0.3) is 0 Å². The van der Waals surface area contributed by atoms with Gasteiger partial charge in [-0.15, -0.1) is 0 Å². The van der Waals surface area contributed by atoms with Crippen molar-refractivity contribution < 1.29 is 29.1 Å². The Kier molecular flexibility index (Phi) is 16.5. The maximum absolute atomic E-state index is 12.9. The Hall–Kier alpha value is -2.57. The van der Waals surface area contributed by atoms with Crippen LogP contribution in [0.2, 0.25) is 0 Å². The molecule has 0 aromatic rings. The number of unbranched alkanes of at least 4 members (excludes halogenated alkanes) is 2. The van der Waals surface area contributed by atoms with Crippen molar-refractivity contribution in [3.05, 3.63) is 0 Å². The summed E-state index contributed by atoms with van der Waals surface area (Å²) in [5.41, 5.74) is 16.8. The normalized spacial score (nSPS) is 14.5. The van der Waals surface area contributed by atoms with Crippen LogP contribution in [0.5, 0.6) is 0 Å². The van der Waals surface area contributed by atoms with Gasteiger partial charge < -0.3 is 38.3 Å². The molecular formula is C22H41N6O6. The maximum Gasteiger partial charge on any atom is 0.305 e. The zero-order valence-electron chi connectivity index (χ0n) is 20.2. The molecule has 0 aromatic heterocycles. The van der Waals surface area contributed by atoms with Crippen molar-refractivity contribution >= 4 is 30.0 Å². The average Bonchev–Trinajstić information content (AvgIpc) is 2.76. The predicted octanol–water partition coefficient (Wildman–Crippen LogP) is -1.34. The van der Waals surface area contributed by atoms with E-state index in [4.69, 9.17) is 17.2 Å². The molecule has 0 aromatic carbocycles. The van der Waals surface area contributed by atoms with Crippen LogP contribution in [0.25, 0.3) is 0 Å². The molecule has 0 saturated carbocycles. The van der Waals surface area contributed by atoms with Gasteiger partial charge in [0, 0.05) is 0 Å². The Bertz CT molecular complexity index is 660. The van der Waals surface area contributed by atoms with E-state index in [1.54, 1.807) is 6.29 Å². The van der Waals surface area contributed by atoms with E-state index in [0.29, 0.717) is 45.2 Å². The summed E-state index contributed by atoms with van der Waals surface area (Å²) in [7, 11) is 0. The van der Waals surface area contributed by atoms with Gasteiger partial charge in [0.15, 0.2) is 0 Å². The fourth-order valence-electron chi connectivity index (χ4n) is 3.20. The molecule has 0 rings (SSSR count). The fourth-order valence-corrected chi connectivity index (χ4v) is 3.20. The van der Waals surface area contributed by atoms with Gasteiger partial charge in [-0.05, 0) is 57.5 Å². The third-order valence-electron chi connectivity index (χ3n) is 5.06.